The minimum atomic E-state index is -0.362. The average Bonchev–Trinajstić information content (AvgIpc) is 2.23. The van der Waals surface area contributed by atoms with E-state index >= 15 is 0 Å². The SMILES string of the molecule is COCC(C)OC(=O)c1cc(N)c(C)cc1C. The number of ether oxygens (including phenoxy) is 2. The third kappa shape index (κ3) is 3.46. The second kappa shape index (κ2) is 5.68. The molecule has 0 aliphatic rings. The summed E-state index contributed by atoms with van der Waals surface area (Å²) >= 11 is 0. The van der Waals surface area contributed by atoms with Gasteiger partial charge in [0.15, 0.2) is 0 Å². The third-order valence-electron chi connectivity index (χ3n) is 2.54. The topological polar surface area (TPSA) is 61.5 Å². The van der Waals surface area contributed by atoms with Crippen molar-refractivity contribution in [2.75, 3.05) is 19.5 Å². The van der Waals surface area contributed by atoms with Crippen LogP contribution in [0.1, 0.15) is 28.4 Å². The molecule has 0 aliphatic heterocycles. The summed E-state index contributed by atoms with van der Waals surface area (Å²) in [6.07, 6.45) is -0.269. The van der Waals surface area contributed by atoms with Crippen LogP contribution in [0.3, 0.4) is 0 Å². The lowest BCUT2D eigenvalue weighted by Gasteiger charge is -2.14. The van der Waals surface area contributed by atoms with E-state index in [-0.39, 0.29) is 12.1 Å². The number of rotatable bonds is 4. The molecule has 0 saturated heterocycles. The predicted molar refractivity (Wildman–Crippen MR) is 67.1 cm³/mol. The van der Waals surface area contributed by atoms with Crippen LogP contribution in [0.15, 0.2) is 12.1 Å². The van der Waals surface area contributed by atoms with Gasteiger partial charge in [0.05, 0.1) is 12.2 Å². The number of carbonyl (C=O) groups is 1. The van der Waals surface area contributed by atoms with Gasteiger partial charge in [-0.25, -0.2) is 4.79 Å². The van der Waals surface area contributed by atoms with Gasteiger partial charge in [0.25, 0.3) is 0 Å². The number of nitrogen functional groups attached to an aromatic ring is 1. The van der Waals surface area contributed by atoms with Crippen LogP contribution in [0.4, 0.5) is 5.69 Å². The van der Waals surface area contributed by atoms with Crippen LogP contribution < -0.4 is 5.73 Å². The van der Waals surface area contributed by atoms with Crippen molar-refractivity contribution >= 4 is 11.7 Å². The second-order valence-electron chi connectivity index (χ2n) is 4.19. The monoisotopic (exact) mass is 237 g/mol. The van der Waals surface area contributed by atoms with E-state index in [2.05, 4.69) is 0 Å². The molecule has 4 nitrogen and oxygen atoms in total. The van der Waals surface area contributed by atoms with Gasteiger partial charge in [0.1, 0.15) is 6.10 Å². The molecule has 1 unspecified atom stereocenters. The lowest BCUT2D eigenvalue weighted by Crippen LogP contribution is -2.20. The summed E-state index contributed by atoms with van der Waals surface area (Å²) in [6, 6.07) is 3.54. The van der Waals surface area contributed by atoms with Crippen LogP contribution in [0, 0.1) is 13.8 Å². The molecule has 0 aliphatic carbocycles. The fourth-order valence-corrected chi connectivity index (χ4v) is 1.60. The van der Waals surface area contributed by atoms with Crippen LogP contribution in [0.2, 0.25) is 0 Å². The molecule has 2 N–H and O–H groups in total. The normalized spacial score (nSPS) is 12.2. The standard InChI is InChI=1S/C13H19NO3/c1-8-5-9(2)12(14)6-11(8)13(15)17-10(3)7-16-4/h5-6,10H,7,14H2,1-4H3. The molecule has 0 spiro atoms. The van der Waals surface area contributed by atoms with Crippen molar-refractivity contribution in [3.63, 3.8) is 0 Å². The number of hydrogen-bond acceptors (Lipinski definition) is 4. The zero-order valence-corrected chi connectivity index (χ0v) is 10.7. The largest absolute Gasteiger partial charge is 0.457 e. The molecule has 0 radical (unpaired) electrons. The molecule has 1 atom stereocenters. The van der Waals surface area contributed by atoms with Gasteiger partial charge in [-0.3, -0.25) is 0 Å². The molecule has 0 fully saturated rings. The highest BCUT2D eigenvalue weighted by Crippen LogP contribution is 2.19. The number of anilines is 1. The molecule has 1 rings (SSSR count). The van der Waals surface area contributed by atoms with E-state index in [0.717, 1.165) is 11.1 Å². The first-order chi connectivity index (χ1) is 7.95. The maximum Gasteiger partial charge on any atom is 0.338 e. The smallest absolute Gasteiger partial charge is 0.338 e. The van der Waals surface area contributed by atoms with Crippen molar-refractivity contribution < 1.29 is 14.3 Å². The van der Waals surface area contributed by atoms with Crippen molar-refractivity contribution in [2.24, 2.45) is 0 Å². The van der Waals surface area contributed by atoms with Gasteiger partial charge in [0, 0.05) is 12.8 Å². The van der Waals surface area contributed by atoms with Gasteiger partial charge in [0.2, 0.25) is 0 Å². The lowest BCUT2D eigenvalue weighted by molar-refractivity contribution is 0.0119. The average molecular weight is 237 g/mol. The third-order valence-corrected chi connectivity index (χ3v) is 2.54. The van der Waals surface area contributed by atoms with E-state index in [1.165, 1.54) is 0 Å². The fourth-order valence-electron chi connectivity index (χ4n) is 1.60. The maximum absolute atomic E-state index is 11.9. The zero-order chi connectivity index (χ0) is 13.0. The molecule has 0 bridgehead atoms. The van der Waals surface area contributed by atoms with Gasteiger partial charge in [-0.05, 0) is 38.0 Å². The van der Waals surface area contributed by atoms with Crippen molar-refractivity contribution in [1.29, 1.82) is 0 Å². The van der Waals surface area contributed by atoms with E-state index in [1.54, 1.807) is 20.1 Å². The van der Waals surface area contributed by atoms with Crippen molar-refractivity contribution in [1.82, 2.24) is 0 Å². The number of esters is 1. The minimum Gasteiger partial charge on any atom is -0.457 e. The molecule has 1 aromatic carbocycles. The lowest BCUT2D eigenvalue weighted by atomic mass is 10.0. The van der Waals surface area contributed by atoms with Crippen LogP contribution in [-0.4, -0.2) is 25.8 Å². The number of benzene rings is 1. The Morgan fingerprint density at radius 3 is 2.59 bits per heavy atom. The predicted octanol–water partition coefficient (Wildman–Crippen LogP) is 2.08. The van der Waals surface area contributed by atoms with Gasteiger partial charge >= 0.3 is 5.97 Å². The van der Waals surface area contributed by atoms with E-state index in [9.17, 15) is 4.79 Å². The molecule has 4 heteroatoms. The molecular formula is C13H19NO3. The quantitative estimate of drug-likeness (QED) is 0.643. The van der Waals surface area contributed by atoms with Crippen LogP contribution in [0.25, 0.3) is 0 Å². The van der Waals surface area contributed by atoms with E-state index in [4.69, 9.17) is 15.2 Å². The number of methoxy groups -OCH3 is 1. The summed E-state index contributed by atoms with van der Waals surface area (Å²) in [5.74, 6) is -0.362. The number of nitrogens with two attached hydrogens (primary N) is 1. The number of hydrogen-bond donors (Lipinski definition) is 1. The number of aryl methyl sites for hydroxylation is 2. The van der Waals surface area contributed by atoms with Crippen molar-refractivity contribution in [3.8, 4) is 0 Å². The van der Waals surface area contributed by atoms with E-state index < -0.39 is 0 Å². The summed E-state index contributed by atoms with van der Waals surface area (Å²) in [5.41, 5.74) is 8.72. The first kappa shape index (κ1) is 13.5. The minimum absolute atomic E-state index is 0.269. The molecule has 94 valence electrons. The Hall–Kier alpha value is -1.55. The fraction of sp³-hybridized carbons (Fsp3) is 0.462. The Labute approximate surface area is 102 Å². The second-order valence-corrected chi connectivity index (χ2v) is 4.19. The summed E-state index contributed by atoms with van der Waals surface area (Å²) in [6.45, 7) is 5.94. The number of carbonyl (C=O) groups excluding carboxylic acids is 1. The highest BCUT2D eigenvalue weighted by Gasteiger charge is 2.15. The molecule has 0 heterocycles. The Bertz CT molecular complexity index is 415. The Morgan fingerprint density at radius 1 is 1.35 bits per heavy atom. The summed E-state index contributed by atoms with van der Waals surface area (Å²) in [5, 5.41) is 0. The molecule has 0 saturated carbocycles. The molecule has 17 heavy (non-hydrogen) atoms. The Kier molecular flexibility index (Phi) is 4.52. The zero-order valence-electron chi connectivity index (χ0n) is 10.7. The highest BCUT2D eigenvalue weighted by molar-refractivity contribution is 5.92. The first-order valence-corrected chi connectivity index (χ1v) is 5.52. The summed E-state index contributed by atoms with van der Waals surface area (Å²) < 4.78 is 10.1. The maximum atomic E-state index is 11.9. The summed E-state index contributed by atoms with van der Waals surface area (Å²) in [7, 11) is 1.57. The van der Waals surface area contributed by atoms with Gasteiger partial charge < -0.3 is 15.2 Å². The van der Waals surface area contributed by atoms with Crippen molar-refractivity contribution in [3.05, 3.63) is 28.8 Å². The first-order valence-electron chi connectivity index (χ1n) is 5.52. The molecule has 0 aromatic heterocycles. The van der Waals surface area contributed by atoms with Crippen LogP contribution in [-0.2, 0) is 9.47 Å². The Morgan fingerprint density at radius 2 is 2.00 bits per heavy atom. The van der Waals surface area contributed by atoms with Gasteiger partial charge in [-0.15, -0.1) is 0 Å². The van der Waals surface area contributed by atoms with Crippen molar-refractivity contribution in [2.45, 2.75) is 26.9 Å². The Balaban J connectivity index is 2.86. The van der Waals surface area contributed by atoms with E-state index in [0.29, 0.717) is 17.9 Å². The molecule has 0 amide bonds. The highest BCUT2D eigenvalue weighted by atomic mass is 16.6. The molecular weight excluding hydrogens is 218 g/mol. The summed E-state index contributed by atoms with van der Waals surface area (Å²) in [4.78, 5) is 11.9. The van der Waals surface area contributed by atoms with Crippen LogP contribution in [0.5, 0.6) is 0 Å². The van der Waals surface area contributed by atoms with Crippen LogP contribution >= 0.6 is 0 Å². The molecule has 1 aromatic rings. The van der Waals surface area contributed by atoms with E-state index in [1.807, 2.05) is 19.9 Å². The van der Waals surface area contributed by atoms with Gasteiger partial charge in [-0.1, -0.05) is 6.07 Å². The van der Waals surface area contributed by atoms with Gasteiger partial charge in [-0.2, -0.15) is 0 Å².